The second-order valence-corrected chi connectivity index (χ2v) is 9.56. The molecule has 188 valence electrons. The molecule has 0 saturated carbocycles. The fourth-order valence-corrected chi connectivity index (χ4v) is 4.88. The van der Waals surface area contributed by atoms with E-state index in [1.165, 1.54) is 12.3 Å². The van der Waals surface area contributed by atoms with Gasteiger partial charge < -0.3 is 19.6 Å². The van der Waals surface area contributed by atoms with Crippen molar-refractivity contribution in [2.45, 2.75) is 45.6 Å². The van der Waals surface area contributed by atoms with Crippen molar-refractivity contribution < 1.29 is 23.5 Å². The summed E-state index contributed by atoms with van der Waals surface area (Å²) in [5.74, 6) is -0.942. The number of aliphatic hydroxyl groups is 2. The lowest BCUT2D eigenvalue weighted by Gasteiger charge is -2.47. The largest absolute Gasteiger partial charge is 0.366 e. The fourth-order valence-electron chi connectivity index (χ4n) is 4.88. The summed E-state index contributed by atoms with van der Waals surface area (Å²) in [6.45, 7) is 4.35. The Bertz CT molecular complexity index is 1360. The fraction of sp³-hybridized carbons (Fsp3) is 0.360. The number of hydrogen-bond acceptors (Lipinski definition) is 8. The molecule has 1 saturated heterocycles. The lowest BCUT2D eigenvalue weighted by atomic mass is 9.76. The summed E-state index contributed by atoms with van der Waals surface area (Å²) in [5, 5.41) is 28.8. The van der Waals surface area contributed by atoms with Crippen LogP contribution in [0.3, 0.4) is 0 Å². The summed E-state index contributed by atoms with van der Waals surface area (Å²) >= 11 is 0. The summed E-state index contributed by atoms with van der Waals surface area (Å²) in [4.78, 5) is 10.2. The molecule has 5 rings (SSSR count). The Balaban J connectivity index is 1.57. The number of hydrogen-bond donors (Lipinski definition) is 2. The minimum atomic E-state index is -1.68. The zero-order valence-corrected chi connectivity index (χ0v) is 19.8. The van der Waals surface area contributed by atoms with Gasteiger partial charge in [-0.2, -0.15) is 5.10 Å². The van der Waals surface area contributed by atoms with E-state index < -0.39 is 23.6 Å². The molecular weight excluding hydrogens is 470 g/mol. The smallest absolute Gasteiger partial charge is 0.183 e. The molecule has 1 aromatic carbocycles. The molecular formula is C25H26F2N6O3. The quantitative estimate of drug-likeness (QED) is 0.389. The summed E-state index contributed by atoms with van der Waals surface area (Å²) < 4.78 is 35.9. The highest BCUT2D eigenvalue weighted by Gasteiger charge is 2.43. The van der Waals surface area contributed by atoms with E-state index in [4.69, 9.17) is 4.52 Å². The predicted octanol–water partition coefficient (Wildman–Crippen LogP) is 3.63. The zero-order valence-electron chi connectivity index (χ0n) is 19.8. The molecule has 0 spiro atoms. The lowest BCUT2D eigenvalue weighted by molar-refractivity contribution is -0.0928. The van der Waals surface area contributed by atoms with Gasteiger partial charge in [-0.05, 0) is 30.4 Å². The van der Waals surface area contributed by atoms with E-state index >= 15 is 0 Å². The van der Waals surface area contributed by atoms with Crippen LogP contribution in [0.4, 0.5) is 14.6 Å². The second-order valence-electron chi connectivity index (χ2n) is 9.56. The van der Waals surface area contributed by atoms with E-state index in [0.29, 0.717) is 29.2 Å². The molecule has 11 heteroatoms. The monoisotopic (exact) mass is 496 g/mol. The van der Waals surface area contributed by atoms with E-state index in [1.54, 1.807) is 39.9 Å². The third-order valence-corrected chi connectivity index (χ3v) is 6.62. The van der Waals surface area contributed by atoms with Gasteiger partial charge in [0.1, 0.15) is 23.5 Å². The van der Waals surface area contributed by atoms with Gasteiger partial charge >= 0.3 is 0 Å². The molecule has 9 nitrogen and oxygen atoms in total. The molecule has 0 aliphatic carbocycles. The molecule has 1 aliphatic rings. The zero-order chi connectivity index (χ0) is 25.4. The van der Waals surface area contributed by atoms with E-state index in [9.17, 15) is 19.0 Å². The molecule has 0 bridgehead atoms. The molecule has 4 heterocycles. The average Bonchev–Trinajstić information content (AvgIpc) is 3.50. The Labute approximate surface area is 206 Å². The molecule has 1 aliphatic heterocycles. The first kappa shape index (κ1) is 24.0. The Hall–Kier alpha value is -3.70. The standard InChI is InChI=1S/C25H26F2N6O3/c1-25(2)9-5-10-32(21(25)24(34)35)23-17(27)13-28-22(29-23)19-12-20(18-8-11-36-31-18)33(30-19)14-15-6-3-4-7-16(15)26/h3-4,6-8,11-13,21,24,34-35H,5,9-10,14H2,1-2H3. The van der Waals surface area contributed by atoms with Gasteiger partial charge in [-0.25, -0.2) is 18.7 Å². The highest BCUT2D eigenvalue weighted by atomic mass is 19.1. The average molecular weight is 497 g/mol. The lowest BCUT2D eigenvalue weighted by Crippen LogP contribution is -2.56. The van der Waals surface area contributed by atoms with Crippen LogP contribution in [0.2, 0.25) is 0 Å². The molecule has 36 heavy (non-hydrogen) atoms. The van der Waals surface area contributed by atoms with Crippen molar-refractivity contribution in [3.8, 4) is 22.9 Å². The summed E-state index contributed by atoms with van der Waals surface area (Å²) in [6.07, 6.45) is 2.28. The number of piperidine rings is 1. The number of halogens is 2. The molecule has 4 aromatic rings. The van der Waals surface area contributed by atoms with Crippen LogP contribution in [0.15, 0.2) is 53.4 Å². The van der Waals surface area contributed by atoms with Gasteiger partial charge in [0.05, 0.1) is 24.5 Å². The first-order valence-corrected chi connectivity index (χ1v) is 11.6. The molecule has 0 radical (unpaired) electrons. The van der Waals surface area contributed by atoms with Gasteiger partial charge in [0.2, 0.25) is 0 Å². The van der Waals surface area contributed by atoms with Gasteiger partial charge in [0.15, 0.2) is 23.7 Å². The predicted molar refractivity (Wildman–Crippen MR) is 127 cm³/mol. The number of rotatable bonds is 6. The summed E-state index contributed by atoms with van der Waals surface area (Å²) in [7, 11) is 0. The molecule has 2 N–H and O–H groups in total. The van der Waals surface area contributed by atoms with Gasteiger partial charge in [-0.15, -0.1) is 0 Å². The third-order valence-electron chi connectivity index (χ3n) is 6.62. The van der Waals surface area contributed by atoms with Crippen molar-refractivity contribution >= 4 is 5.82 Å². The maximum Gasteiger partial charge on any atom is 0.183 e. The first-order valence-electron chi connectivity index (χ1n) is 11.6. The van der Waals surface area contributed by atoms with E-state index in [-0.39, 0.29) is 24.0 Å². The van der Waals surface area contributed by atoms with Crippen LogP contribution < -0.4 is 4.90 Å². The van der Waals surface area contributed by atoms with E-state index in [0.717, 1.165) is 19.0 Å². The number of benzene rings is 1. The molecule has 1 unspecified atom stereocenters. The SMILES string of the molecule is CC1(C)CCCN(c2nc(-c3cc(-c4ccon4)n(Cc4ccccc4F)n3)ncc2F)C1C(O)O. The number of aromatic nitrogens is 5. The Morgan fingerprint density at radius 1 is 1.14 bits per heavy atom. The summed E-state index contributed by atoms with van der Waals surface area (Å²) in [5.41, 5.74) is 1.29. The van der Waals surface area contributed by atoms with Gasteiger partial charge in [-0.3, -0.25) is 4.68 Å². The topological polar surface area (TPSA) is 113 Å². The van der Waals surface area contributed by atoms with Crippen LogP contribution >= 0.6 is 0 Å². The van der Waals surface area contributed by atoms with Crippen LogP contribution in [0.25, 0.3) is 22.9 Å². The van der Waals surface area contributed by atoms with Gasteiger partial charge in [0, 0.05) is 18.2 Å². The molecule has 0 amide bonds. The normalized spacial score (nSPS) is 17.6. The van der Waals surface area contributed by atoms with E-state index in [2.05, 4.69) is 20.2 Å². The highest BCUT2D eigenvalue weighted by molar-refractivity contribution is 5.63. The van der Waals surface area contributed by atoms with Crippen molar-refractivity contribution in [3.05, 3.63) is 66.1 Å². The van der Waals surface area contributed by atoms with Crippen molar-refractivity contribution in [2.75, 3.05) is 11.4 Å². The number of anilines is 1. The van der Waals surface area contributed by atoms with Gasteiger partial charge in [-0.1, -0.05) is 37.2 Å². The Morgan fingerprint density at radius 2 is 1.94 bits per heavy atom. The Kier molecular flexibility index (Phi) is 6.27. The highest BCUT2D eigenvalue weighted by Crippen LogP contribution is 2.39. The maximum atomic E-state index is 15.0. The second kappa shape index (κ2) is 9.40. The van der Waals surface area contributed by atoms with Crippen LogP contribution in [0.5, 0.6) is 0 Å². The van der Waals surface area contributed by atoms with Crippen LogP contribution in [-0.2, 0) is 6.54 Å². The third kappa shape index (κ3) is 4.47. The molecule has 3 aromatic heterocycles. The van der Waals surface area contributed by atoms with Crippen LogP contribution in [-0.4, -0.2) is 54.0 Å². The molecule has 1 fully saturated rings. The van der Waals surface area contributed by atoms with Gasteiger partial charge in [0.25, 0.3) is 0 Å². The van der Waals surface area contributed by atoms with Crippen LogP contribution in [0, 0.1) is 17.0 Å². The van der Waals surface area contributed by atoms with E-state index in [1.807, 2.05) is 13.8 Å². The minimum Gasteiger partial charge on any atom is -0.366 e. The minimum absolute atomic E-state index is 0.0301. The first-order chi connectivity index (χ1) is 17.2. The summed E-state index contributed by atoms with van der Waals surface area (Å²) in [6, 6.07) is 8.95. The maximum absolute atomic E-state index is 15.0. The van der Waals surface area contributed by atoms with Crippen molar-refractivity contribution in [3.63, 3.8) is 0 Å². The number of nitrogens with zero attached hydrogens (tertiary/aromatic N) is 6. The van der Waals surface area contributed by atoms with Crippen molar-refractivity contribution in [1.82, 2.24) is 24.9 Å². The van der Waals surface area contributed by atoms with Crippen molar-refractivity contribution in [1.29, 1.82) is 0 Å². The van der Waals surface area contributed by atoms with Crippen LogP contribution in [0.1, 0.15) is 32.3 Å². The Morgan fingerprint density at radius 3 is 2.67 bits per heavy atom. The molecule has 1 atom stereocenters. The van der Waals surface area contributed by atoms with Crippen molar-refractivity contribution in [2.24, 2.45) is 5.41 Å². The number of aliphatic hydroxyl groups excluding tert-OH is 1.